The maximum absolute atomic E-state index is 13.2. The molecule has 4 rings (SSSR count). The molecule has 1 amide bonds. The average Bonchev–Trinajstić information content (AvgIpc) is 3.10. The van der Waals surface area contributed by atoms with Crippen molar-refractivity contribution in [2.45, 2.75) is 26.4 Å². The van der Waals surface area contributed by atoms with Gasteiger partial charge in [-0.3, -0.25) is 14.8 Å². The van der Waals surface area contributed by atoms with Gasteiger partial charge in [-0.25, -0.2) is 0 Å². The van der Waals surface area contributed by atoms with Crippen molar-refractivity contribution < 1.29 is 9.21 Å². The van der Waals surface area contributed by atoms with Crippen molar-refractivity contribution in [1.29, 1.82) is 0 Å². The van der Waals surface area contributed by atoms with E-state index in [9.17, 15) is 4.79 Å². The third-order valence-electron chi connectivity index (χ3n) is 4.72. The summed E-state index contributed by atoms with van der Waals surface area (Å²) >= 11 is 0. The molecule has 0 unspecified atom stereocenters. The molecule has 3 aromatic heterocycles. The summed E-state index contributed by atoms with van der Waals surface area (Å²) in [6.45, 7) is 3.05. The first-order valence-electron chi connectivity index (χ1n) is 9.21. The van der Waals surface area contributed by atoms with Crippen LogP contribution < -0.4 is 0 Å². The first-order valence-corrected chi connectivity index (χ1v) is 9.21. The van der Waals surface area contributed by atoms with Crippen LogP contribution in [0.3, 0.4) is 0 Å². The highest BCUT2D eigenvalue weighted by Crippen LogP contribution is 2.23. The van der Waals surface area contributed by atoms with E-state index in [1.54, 1.807) is 31.1 Å². The molecule has 0 bridgehead atoms. The van der Waals surface area contributed by atoms with E-state index in [2.05, 4.69) is 9.97 Å². The number of benzene rings is 1. The van der Waals surface area contributed by atoms with E-state index in [1.807, 2.05) is 54.3 Å². The minimum absolute atomic E-state index is 0.0453. The molecule has 5 heteroatoms. The van der Waals surface area contributed by atoms with Gasteiger partial charge in [0.05, 0.1) is 12.7 Å². The monoisotopic (exact) mass is 371 g/mol. The quantitative estimate of drug-likeness (QED) is 0.507. The number of hydrogen-bond donors (Lipinski definition) is 0. The number of carbonyl (C=O) groups is 1. The zero-order valence-electron chi connectivity index (χ0n) is 15.7. The van der Waals surface area contributed by atoms with Crippen molar-refractivity contribution in [2.75, 3.05) is 0 Å². The van der Waals surface area contributed by atoms with Crippen molar-refractivity contribution in [3.05, 3.63) is 95.8 Å². The maximum Gasteiger partial charge on any atom is 0.227 e. The van der Waals surface area contributed by atoms with Crippen LogP contribution in [0.1, 0.15) is 22.3 Å². The van der Waals surface area contributed by atoms with E-state index < -0.39 is 0 Å². The zero-order chi connectivity index (χ0) is 19.3. The van der Waals surface area contributed by atoms with Crippen LogP contribution in [0.5, 0.6) is 0 Å². The molecule has 0 aliphatic carbocycles. The molecule has 0 aliphatic heterocycles. The molecule has 28 heavy (non-hydrogen) atoms. The Bertz CT molecular complexity index is 1030. The Morgan fingerprint density at radius 1 is 1.00 bits per heavy atom. The van der Waals surface area contributed by atoms with E-state index in [4.69, 9.17) is 4.42 Å². The second kappa shape index (κ2) is 8.05. The first kappa shape index (κ1) is 17.9. The largest absolute Gasteiger partial charge is 0.464 e. The van der Waals surface area contributed by atoms with Gasteiger partial charge in [-0.2, -0.15) is 0 Å². The molecule has 0 atom stereocenters. The van der Waals surface area contributed by atoms with Crippen LogP contribution in [-0.4, -0.2) is 20.8 Å². The Hall–Kier alpha value is -3.47. The third-order valence-corrected chi connectivity index (χ3v) is 4.72. The Balaban J connectivity index is 1.58. The van der Waals surface area contributed by atoms with Gasteiger partial charge in [0.25, 0.3) is 0 Å². The summed E-state index contributed by atoms with van der Waals surface area (Å²) in [5.41, 5.74) is 4.90. The van der Waals surface area contributed by atoms with Gasteiger partial charge in [-0.15, -0.1) is 0 Å². The van der Waals surface area contributed by atoms with E-state index in [0.29, 0.717) is 19.5 Å². The molecule has 0 saturated heterocycles. The van der Waals surface area contributed by atoms with Crippen LogP contribution in [-0.2, 0) is 24.3 Å². The number of aromatic nitrogens is 2. The molecule has 0 N–H and O–H groups in total. The van der Waals surface area contributed by atoms with Gasteiger partial charge < -0.3 is 9.32 Å². The number of hydrogen-bond acceptors (Lipinski definition) is 4. The summed E-state index contributed by atoms with van der Waals surface area (Å²) in [4.78, 5) is 23.2. The molecule has 140 valence electrons. The average molecular weight is 371 g/mol. The number of pyridine rings is 2. The standard InChI is InChI=1S/C23H21N3O2/c1-17-4-5-21-20(16-28-22(21)11-17)12-23(27)26(14-18-6-9-24-10-7-18)15-19-3-2-8-25-13-19/h2-11,13,16H,12,14-15H2,1H3. The highest BCUT2D eigenvalue weighted by Gasteiger charge is 2.18. The second-order valence-electron chi connectivity index (χ2n) is 6.90. The van der Waals surface area contributed by atoms with Crippen LogP contribution in [0.15, 0.2) is 77.9 Å². The van der Waals surface area contributed by atoms with Crippen LogP contribution >= 0.6 is 0 Å². The van der Waals surface area contributed by atoms with Gasteiger partial charge in [0.2, 0.25) is 5.91 Å². The van der Waals surface area contributed by atoms with Gasteiger partial charge in [-0.05, 0) is 47.9 Å². The molecule has 0 spiro atoms. The van der Waals surface area contributed by atoms with Crippen LogP contribution in [0.2, 0.25) is 0 Å². The van der Waals surface area contributed by atoms with Crippen molar-refractivity contribution >= 4 is 16.9 Å². The summed E-state index contributed by atoms with van der Waals surface area (Å²) in [5, 5.41) is 0.990. The Kier molecular flexibility index (Phi) is 5.15. The van der Waals surface area contributed by atoms with Crippen LogP contribution in [0.4, 0.5) is 0 Å². The lowest BCUT2D eigenvalue weighted by Crippen LogP contribution is -2.31. The summed E-state index contributed by atoms with van der Waals surface area (Å²) < 4.78 is 5.66. The highest BCUT2D eigenvalue weighted by atomic mass is 16.3. The molecular formula is C23H21N3O2. The highest BCUT2D eigenvalue weighted by molar-refractivity contribution is 5.88. The minimum atomic E-state index is 0.0453. The van der Waals surface area contributed by atoms with E-state index >= 15 is 0 Å². The molecule has 3 heterocycles. The molecule has 0 saturated carbocycles. The topological polar surface area (TPSA) is 59.2 Å². The second-order valence-corrected chi connectivity index (χ2v) is 6.90. The van der Waals surface area contributed by atoms with Crippen LogP contribution in [0, 0.1) is 6.92 Å². The summed E-state index contributed by atoms with van der Waals surface area (Å²) in [6.07, 6.45) is 9.00. The number of aryl methyl sites for hydroxylation is 1. The first-order chi connectivity index (χ1) is 13.7. The van der Waals surface area contributed by atoms with Gasteiger partial charge in [0.15, 0.2) is 0 Å². The number of furan rings is 1. The molecule has 0 fully saturated rings. The molecular weight excluding hydrogens is 350 g/mol. The van der Waals surface area contributed by atoms with E-state index in [-0.39, 0.29) is 5.91 Å². The summed E-state index contributed by atoms with van der Waals surface area (Å²) in [5.74, 6) is 0.0453. The maximum atomic E-state index is 13.2. The Morgan fingerprint density at radius 3 is 2.61 bits per heavy atom. The van der Waals surface area contributed by atoms with Crippen LogP contribution in [0.25, 0.3) is 11.0 Å². The fourth-order valence-corrected chi connectivity index (χ4v) is 3.25. The lowest BCUT2D eigenvalue weighted by atomic mass is 10.1. The van der Waals surface area contributed by atoms with Crippen molar-refractivity contribution in [1.82, 2.24) is 14.9 Å². The zero-order valence-corrected chi connectivity index (χ0v) is 15.7. The summed E-state index contributed by atoms with van der Waals surface area (Å²) in [6, 6.07) is 13.8. The number of fused-ring (bicyclic) bond motifs is 1. The number of rotatable bonds is 6. The molecule has 1 aromatic carbocycles. The number of amides is 1. The third kappa shape index (κ3) is 4.09. The summed E-state index contributed by atoms with van der Waals surface area (Å²) in [7, 11) is 0. The predicted octanol–water partition coefficient (Wildman–Crippen LogP) is 4.30. The normalized spacial score (nSPS) is 10.9. The fraction of sp³-hybridized carbons (Fsp3) is 0.174. The molecule has 0 aliphatic rings. The number of carbonyl (C=O) groups excluding carboxylic acids is 1. The molecule has 4 aromatic rings. The van der Waals surface area contributed by atoms with E-state index in [1.165, 1.54) is 0 Å². The smallest absolute Gasteiger partial charge is 0.227 e. The van der Waals surface area contributed by atoms with Gasteiger partial charge in [0.1, 0.15) is 5.58 Å². The number of nitrogens with zero attached hydrogens (tertiary/aromatic N) is 3. The Morgan fingerprint density at radius 2 is 1.82 bits per heavy atom. The molecule has 0 radical (unpaired) electrons. The molecule has 5 nitrogen and oxygen atoms in total. The van der Waals surface area contributed by atoms with Crippen molar-refractivity contribution in [3.8, 4) is 0 Å². The predicted molar refractivity (Wildman–Crippen MR) is 107 cm³/mol. The van der Waals surface area contributed by atoms with Crippen molar-refractivity contribution in [3.63, 3.8) is 0 Å². The Labute approximate surface area is 163 Å². The SMILES string of the molecule is Cc1ccc2c(CC(=O)N(Cc3ccncc3)Cc3cccnc3)coc2c1. The fourth-order valence-electron chi connectivity index (χ4n) is 3.25. The van der Waals surface area contributed by atoms with E-state index in [0.717, 1.165) is 33.2 Å². The van der Waals surface area contributed by atoms with Gasteiger partial charge >= 0.3 is 0 Å². The van der Waals surface area contributed by atoms with Gasteiger partial charge in [-0.1, -0.05) is 18.2 Å². The lowest BCUT2D eigenvalue weighted by Gasteiger charge is -2.23. The van der Waals surface area contributed by atoms with Crippen molar-refractivity contribution in [2.24, 2.45) is 0 Å². The lowest BCUT2D eigenvalue weighted by molar-refractivity contribution is -0.131. The minimum Gasteiger partial charge on any atom is -0.464 e. The van der Waals surface area contributed by atoms with Gasteiger partial charge in [0, 0.05) is 48.8 Å².